The van der Waals surface area contributed by atoms with E-state index >= 15 is 0 Å². The van der Waals surface area contributed by atoms with Crippen LogP contribution in [0.1, 0.15) is 34.5 Å². The summed E-state index contributed by atoms with van der Waals surface area (Å²) in [5, 5.41) is 4.45. The molecule has 3 aromatic rings. The number of aromatic nitrogens is 2. The van der Waals surface area contributed by atoms with Crippen LogP contribution in [0.2, 0.25) is 0 Å². The molecule has 1 amide bonds. The second-order valence-electron chi connectivity index (χ2n) is 8.34. The summed E-state index contributed by atoms with van der Waals surface area (Å²) >= 11 is 0. The molecule has 9 heteroatoms. The van der Waals surface area contributed by atoms with Gasteiger partial charge in [0.25, 0.3) is 5.91 Å². The molecule has 1 aliphatic carbocycles. The number of amides is 1. The molecule has 2 aliphatic rings. The van der Waals surface area contributed by atoms with Crippen molar-refractivity contribution < 1.29 is 22.3 Å². The van der Waals surface area contributed by atoms with Gasteiger partial charge >= 0.3 is 0 Å². The van der Waals surface area contributed by atoms with Gasteiger partial charge in [0.15, 0.2) is 9.84 Å². The number of carbonyl (C=O) groups excluding carboxylic acids is 1. The van der Waals surface area contributed by atoms with Crippen molar-refractivity contribution in [2.45, 2.75) is 30.8 Å². The van der Waals surface area contributed by atoms with Gasteiger partial charge in [-0.2, -0.15) is 5.10 Å². The van der Waals surface area contributed by atoms with Gasteiger partial charge in [0, 0.05) is 24.6 Å². The van der Waals surface area contributed by atoms with Crippen molar-refractivity contribution >= 4 is 15.7 Å². The van der Waals surface area contributed by atoms with Gasteiger partial charge in [-0.3, -0.25) is 4.79 Å². The molecule has 1 saturated carbocycles. The number of ether oxygens (including phenoxy) is 1. The average Bonchev–Trinajstić information content (AvgIpc) is 3.38. The fourth-order valence-corrected chi connectivity index (χ4v) is 4.40. The second kappa shape index (κ2) is 7.74. The van der Waals surface area contributed by atoms with E-state index in [0.717, 1.165) is 24.7 Å². The van der Waals surface area contributed by atoms with Gasteiger partial charge in [0.05, 0.1) is 29.3 Å². The minimum Gasteiger partial charge on any atom is -0.492 e. The number of halogens is 1. The Labute approximate surface area is 185 Å². The third-order valence-corrected chi connectivity index (χ3v) is 6.86. The first-order valence-corrected chi connectivity index (χ1v) is 12.3. The van der Waals surface area contributed by atoms with Crippen molar-refractivity contribution in [2.75, 3.05) is 12.9 Å². The van der Waals surface area contributed by atoms with E-state index in [-0.39, 0.29) is 28.7 Å². The Balaban J connectivity index is 1.40. The first-order chi connectivity index (χ1) is 15.3. The SMILES string of the molecule is CS(=O)(=O)c1ccc(OCC2CC2)c(C(=O)N2Cc3cn(-c4ccccc4F)nc3C2)c1. The van der Waals surface area contributed by atoms with Crippen LogP contribution in [0.5, 0.6) is 5.75 Å². The molecule has 1 aliphatic heterocycles. The molecule has 2 aromatic carbocycles. The largest absolute Gasteiger partial charge is 0.492 e. The van der Waals surface area contributed by atoms with E-state index in [1.54, 1.807) is 35.4 Å². The lowest BCUT2D eigenvalue weighted by Gasteiger charge is -2.19. The normalized spacial score (nSPS) is 15.6. The number of benzene rings is 2. The van der Waals surface area contributed by atoms with Crippen LogP contribution >= 0.6 is 0 Å². The first kappa shape index (κ1) is 20.7. The number of rotatable bonds is 6. The maximum absolute atomic E-state index is 14.1. The van der Waals surface area contributed by atoms with Crippen molar-refractivity contribution in [3.05, 3.63) is 71.3 Å². The predicted molar refractivity (Wildman–Crippen MR) is 115 cm³/mol. The molecular weight excluding hydrogens is 433 g/mol. The first-order valence-electron chi connectivity index (χ1n) is 10.4. The lowest BCUT2D eigenvalue weighted by atomic mass is 10.1. The van der Waals surface area contributed by atoms with Gasteiger partial charge in [0.1, 0.15) is 17.3 Å². The highest BCUT2D eigenvalue weighted by Gasteiger charge is 2.31. The topological polar surface area (TPSA) is 81.5 Å². The molecule has 0 N–H and O–H groups in total. The van der Waals surface area contributed by atoms with E-state index in [1.807, 2.05) is 0 Å². The molecule has 1 fully saturated rings. The highest BCUT2D eigenvalue weighted by molar-refractivity contribution is 7.90. The molecule has 5 rings (SSSR count). The zero-order valence-electron chi connectivity index (χ0n) is 17.5. The van der Waals surface area contributed by atoms with Crippen LogP contribution in [0, 0.1) is 11.7 Å². The fraction of sp³-hybridized carbons (Fsp3) is 0.304. The van der Waals surface area contributed by atoms with Crippen molar-refractivity contribution in [3.63, 3.8) is 0 Å². The predicted octanol–water partition coefficient (Wildman–Crippen LogP) is 3.36. The van der Waals surface area contributed by atoms with E-state index in [9.17, 15) is 17.6 Å². The summed E-state index contributed by atoms with van der Waals surface area (Å²) in [6.45, 7) is 1.06. The van der Waals surface area contributed by atoms with Crippen molar-refractivity contribution in [2.24, 2.45) is 5.92 Å². The lowest BCUT2D eigenvalue weighted by Crippen LogP contribution is -2.27. The molecule has 0 spiro atoms. The van der Waals surface area contributed by atoms with Crippen molar-refractivity contribution in [1.82, 2.24) is 14.7 Å². The minimum atomic E-state index is -3.48. The monoisotopic (exact) mass is 455 g/mol. The van der Waals surface area contributed by atoms with Gasteiger partial charge in [-0.05, 0) is 49.1 Å². The van der Waals surface area contributed by atoms with Crippen molar-refractivity contribution in [1.29, 1.82) is 0 Å². The second-order valence-corrected chi connectivity index (χ2v) is 10.4. The quantitative estimate of drug-likeness (QED) is 0.569. The maximum atomic E-state index is 14.1. The van der Waals surface area contributed by atoms with Crippen molar-refractivity contribution in [3.8, 4) is 11.4 Å². The molecule has 0 bridgehead atoms. The van der Waals surface area contributed by atoms with Gasteiger partial charge < -0.3 is 9.64 Å². The summed E-state index contributed by atoms with van der Waals surface area (Å²) in [5.41, 5.74) is 2.07. The van der Waals surface area contributed by atoms with Crippen LogP contribution < -0.4 is 4.74 Å². The Bertz CT molecular complexity index is 1290. The molecule has 0 atom stereocenters. The molecule has 2 heterocycles. The number of hydrogen-bond acceptors (Lipinski definition) is 5. The Morgan fingerprint density at radius 1 is 1.19 bits per heavy atom. The maximum Gasteiger partial charge on any atom is 0.258 e. The fourth-order valence-electron chi connectivity index (χ4n) is 3.75. The summed E-state index contributed by atoms with van der Waals surface area (Å²) in [7, 11) is -3.48. The summed E-state index contributed by atoms with van der Waals surface area (Å²) in [6.07, 6.45) is 5.03. The number of hydrogen-bond donors (Lipinski definition) is 0. The highest BCUT2D eigenvalue weighted by Crippen LogP contribution is 2.33. The number of carbonyl (C=O) groups is 1. The molecule has 166 valence electrons. The standard InChI is InChI=1S/C23H22FN3O4S/c1-32(29,30)17-8-9-22(31-14-15-6-7-15)18(10-17)23(28)26-11-16-12-27(25-20(16)13-26)21-5-3-2-4-19(21)24/h2-5,8-10,12,15H,6-7,11,13-14H2,1H3. The molecule has 0 saturated heterocycles. The third-order valence-electron chi connectivity index (χ3n) is 5.75. The zero-order valence-corrected chi connectivity index (χ0v) is 18.3. The summed E-state index contributed by atoms with van der Waals surface area (Å²) in [6, 6.07) is 10.8. The highest BCUT2D eigenvalue weighted by atomic mass is 32.2. The van der Waals surface area contributed by atoms with Gasteiger partial charge in [-0.15, -0.1) is 0 Å². The van der Waals surface area contributed by atoms with Crippen LogP contribution in [0.3, 0.4) is 0 Å². The molecule has 7 nitrogen and oxygen atoms in total. The van der Waals surface area contributed by atoms with E-state index in [2.05, 4.69) is 5.10 Å². The number of sulfone groups is 1. The van der Waals surface area contributed by atoms with Crippen LogP contribution in [-0.2, 0) is 22.9 Å². The van der Waals surface area contributed by atoms with Crippen LogP contribution in [0.15, 0.2) is 53.6 Å². The lowest BCUT2D eigenvalue weighted by molar-refractivity contribution is 0.0744. The van der Waals surface area contributed by atoms with E-state index in [0.29, 0.717) is 36.2 Å². The molecule has 32 heavy (non-hydrogen) atoms. The number of para-hydroxylation sites is 1. The zero-order chi connectivity index (χ0) is 22.5. The van der Waals surface area contributed by atoms with Gasteiger partial charge in [0.2, 0.25) is 0 Å². The molecular formula is C23H22FN3O4S. The van der Waals surface area contributed by atoms with E-state index in [4.69, 9.17) is 4.74 Å². The number of nitrogens with zero attached hydrogens (tertiary/aromatic N) is 3. The van der Waals surface area contributed by atoms with Crippen LogP contribution in [0.4, 0.5) is 4.39 Å². The van der Waals surface area contributed by atoms with Gasteiger partial charge in [-0.1, -0.05) is 12.1 Å². The average molecular weight is 456 g/mol. The smallest absolute Gasteiger partial charge is 0.258 e. The summed E-state index contributed by atoms with van der Waals surface area (Å²) in [4.78, 5) is 15.0. The van der Waals surface area contributed by atoms with Gasteiger partial charge in [-0.25, -0.2) is 17.5 Å². The number of fused-ring (bicyclic) bond motifs is 1. The summed E-state index contributed by atoms with van der Waals surface area (Å²) < 4.78 is 45.5. The van der Waals surface area contributed by atoms with Crippen LogP contribution in [0.25, 0.3) is 5.69 Å². The third kappa shape index (κ3) is 4.00. The minimum absolute atomic E-state index is 0.0706. The molecule has 0 radical (unpaired) electrons. The Hall–Kier alpha value is -3.20. The van der Waals surface area contributed by atoms with E-state index < -0.39 is 9.84 Å². The summed E-state index contributed by atoms with van der Waals surface area (Å²) in [5.74, 6) is 0.172. The molecule has 1 aromatic heterocycles. The van der Waals surface area contributed by atoms with E-state index in [1.165, 1.54) is 22.9 Å². The Morgan fingerprint density at radius 3 is 2.66 bits per heavy atom. The Morgan fingerprint density at radius 2 is 1.97 bits per heavy atom. The Kier molecular flexibility index (Phi) is 5.00. The van der Waals surface area contributed by atoms with Crippen LogP contribution in [-0.4, -0.2) is 41.9 Å². The molecule has 0 unspecified atom stereocenters.